The number of thioether (sulfide) groups is 1. The van der Waals surface area contributed by atoms with E-state index in [1.807, 2.05) is 13.0 Å². The second-order valence-corrected chi connectivity index (χ2v) is 4.18. The molecule has 0 aromatic heterocycles. The Bertz CT molecular complexity index is 398. The molecule has 0 heterocycles. The van der Waals surface area contributed by atoms with E-state index in [0.29, 0.717) is 11.1 Å². The number of halogens is 1. The third-order valence-corrected chi connectivity index (χ3v) is 2.78. The number of carbonyl (C=O) groups excluding carboxylic acids is 1. The molecule has 0 saturated carbocycles. The van der Waals surface area contributed by atoms with Crippen LogP contribution in [-0.2, 0) is 0 Å². The van der Waals surface area contributed by atoms with Gasteiger partial charge >= 0.3 is 0 Å². The Kier molecular flexibility index (Phi) is 3.99. The fourth-order valence-electron chi connectivity index (χ4n) is 1.03. The van der Waals surface area contributed by atoms with Gasteiger partial charge in [-0.1, -0.05) is 6.92 Å². The Morgan fingerprint density at radius 1 is 1.64 bits per heavy atom. The van der Waals surface area contributed by atoms with Crippen LogP contribution in [0.25, 0.3) is 0 Å². The third-order valence-electron chi connectivity index (χ3n) is 1.62. The monoisotopic (exact) mass is 225 g/mol. The van der Waals surface area contributed by atoms with E-state index in [9.17, 15) is 4.79 Å². The average molecular weight is 226 g/mol. The average Bonchev–Trinajstić information content (AvgIpc) is 2.18. The van der Waals surface area contributed by atoms with Gasteiger partial charge in [-0.3, -0.25) is 4.79 Å². The first-order chi connectivity index (χ1) is 6.69. The number of nitriles is 1. The molecule has 0 atom stereocenters. The molecule has 1 aromatic carbocycles. The topological polar surface area (TPSA) is 40.9 Å². The highest BCUT2D eigenvalue weighted by Gasteiger charge is 2.09. The normalized spacial score (nSPS) is 9.50. The zero-order valence-electron chi connectivity index (χ0n) is 7.58. The zero-order valence-corrected chi connectivity index (χ0v) is 9.15. The summed E-state index contributed by atoms with van der Waals surface area (Å²) >= 11 is 6.95. The maximum atomic E-state index is 11.1. The summed E-state index contributed by atoms with van der Waals surface area (Å²) in [5.74, 6) is 0.864. The molecule has 0 saturated heterocycles. The summed E-state index contributed by atoms with van der Waals surface area (Å²) in [6.45, 7) is 1.99. The van der Waals surface area contributed by atoms with Crippen molar-refractivity contribution in [3.63, 3.8) is 0 Å². The molecular weight excluding hydrogens is 218 g/mol. The van der Waals surface area contributed by atoms with Crippen LogP contribution in [0.5, 0.6) is 0 Å². The second-order valence-electron chi connectivity index (χ2n) is 2.53. The van der Waals surface area contributed by atoms with Crippen LogP contribution in [0.15, 0.2) is 23.1 Å². The number of rotatable bonds is 3. The predicted octanol–water partition coefficient (Wildman–Crippen LogP) is 3.05. The van der Waals surface area contributed by atoms with Gasteiger partial charge in [-0.25, -0.2) is 0 Å². The maximum absolute atomic E-state index is 11.1. The minimum absolute atomic E-state index is 0.414. The summed E-state index contributed by atoms with van der Waals surface area (Å²) in [6.07, 6.45) is 0. The highest BCUT2D eigenvalue weighted by molar-refractivity contribution is 7.99. The Morgan fingerprint density at radius 2 is 2.36 bits per heavy atom. The fraction of sp³-hybridized carbons (Fsp3) is 0.200. The summed E-state index contributed by atoms with van der Waals surface area (Å²) in [5.41, 5.74) is 0.868. The highest BCUT2D eigenvalue weighted by atomic mass is 35.5. The minimum atomic E-state index is -0.516. The molecule has 0 radical (unpaired) electrons. The van der Waals surface area contributed by atoms with Crippen molar-refractivity contribution in [1.82, 2.24) is 0 Å². The molecule has 0 N–H and O–H groups in total. The van der Waals surface area contributed by atoms with Crippen LogP contribution in [0.2, 0.25) is 0 Å². The Morgan fingerprint density at radius 3 is 2.86 bits per heavy atom. The Labute approximate surface area is 91.9 Å². The largest absolute Gasteiger partial charge is 0.276 e. The number of benzene rings is 1. The maximum Gasteiger partial charge on any atom is 0.253 e. The van der Waals surface area contributed by atoms with E-state index in [1.165, 1.54) is 17.8 Å². The van der Waals surface area contributed by atoms with Crippen molar-refractivity contribution in [2.24, 2.45) is 0 Å². The van der Waals surface area contributed by atoms with Crippen molar-refractivity contribution in [3.8, 4) is 6.07 Å². The lowest BCUT2D eigenvalue weighted by Crippen LogP contribution is -1.93. The molecule has 14 heavy (non-hydrogen) atoms. The summed E-state index contributed by atoms with van der Waals surface area (Å²) in [7, 11) is 0. The summed E-state index contributed by atoms with van der Waals surface area (Å²) in [4.78, 5) is 11.9. The molecule has 0 aliphatic carbocycles. The Balaban J connectivity index is 3.18. The second kappa shape index (κ2) is 5.04. The Hall–Kier alpha value is -0.980. The van der Waals surface area contributed by atoms with E-state index in [-0.39, 0.29) is 0 Å². The zero-order chi connectivity index (χ0) is 10.6. The molecule has 0 aliphatic heterocycles. The lowest BCUT2D eigenvalue weighted by atomic mass is 10.1. The molecular formula is C10H8ClNOS. The van der Waals surface area contributed by atoms with E-state index < -0.39 is 5.24 Å². The summed E-state index contributed by atoms with van der Waals surface area (Å²) < 4.78 is 0. The molecule has 1 aromatic rings. The molecule has 1 rings (SSSR count). The van der Waals surface area contributed by atoms with Gasteiger partial charge in [-0.05, 0) is 35.6 Å². The van der Waals surface area contributed by atoms with E-state index in [4.69, 9.17) is 16.9 Å². The van der Waals surface area contributed by atoms with Gasteiger partial charge in [0.25, 0.3) is 5.24 Å². The number of carbonyl (C=O) groups is 1. The molecule has 2 nitrogen and oxygen atoms in total. The summed E-state index contributed by atoms with van der Waals surface area (Å²) in [6, 6.07) is 6.93. The number of hydrogen-bond donors (Lipinski definition) is 0. The molecule has 0 aliphatic rings. The van der Waals surface area contributed by atoms with Crippen LogP contribution in [0.3, 0.4) is 0 Å². The smallest absolute Gasteiger partial charge is 0.253 e. The molecule has 0 fully saturated rings. The van der Waals surface area contributed by atoms with Crippen LogP contribution < -0.4 is 0 Å². The predicted molar refractivity (Wildman–Crippen MR) is 57.7 cm³/mol. The van der Waals surface area contributed by atoms with Gasteiger partial charge < -0.3 is 0 Å². The van der Waals surface area contributed by atoms with Crippen molar-refractivity contribution in [3.05, 3.63) is 29.3 Å². The van der Waals surface area contributed by atoms with Crippen molar-refractivity contribution < 1.29 is 4.79 Å². The first-order valence-electron chi connectivity index (χ1n) is 4.05. The number of nitrogens with zero attached hydrogens (tertiary/aromatic N) is 1. The van der Waals surface area contributed by atoms with E-state index in [0.717, 1.165) is 10.6 Å². The standard InChI is InChI=1S/C10H8ClNOS/c1-2-14-9-4-3-7(6-12)5-8(9)10(11)13/h3-5H,2H2,1H3. The third kappa shape index (κ3) is 2.50. The van der Waals surface area contributed by atoms with Crippen LogP contribution in [0, 0.1) is 11.3 Å². The minimum Gasteiger partial charge on any atom is -0.276 e. The SMILES string of the molecule is CCSc1ccc(C#N)cc1C(=O)Cl. The van der Waals surface area contributed by atoms with Gasteiger partial charge in [0.2, 0.25) is 0 Å². The van der Waals surface area contributed by atoms with Crippen molar-refractivity contribution in [2.75, 3.05) is 5.75 Å². The van der Waals surface area contributed by atoms with Crippen molar-refractivity contribution in [2.45, 2.75) is 11.8 Å². The fourth-order valence-corrected chi connectivity index (χ4v) is 2.03. The van der Waals surface area contributed by atoms with Gasteiger partial charge in [0.1, 0.15) is 0 Å². The van der Waals surface area contributed by atoms with Gasteiger partial charge in [-0.15, -0.1) is 11.8 Å². The van der Waals surface area contributed by atoms with E-state index in [1.54, 1.807) is 12.1 Å². The molecule has 0 unspecified atom stereocenters. The molecule has 0 amide bonds. The molecule has 72 valence electrons. The van der Waals surface area contributed by atoms with Gasteiger partial charge in [0.05, 0.1) is 11.6 Å². The van der Waals surface area contributed by atoms with Gasteiger partial charge in [-0.2, -0.15) is 5.26 Å². The quantitative estimate of drug-likeness (QED) is 0.587. The first-order valence-corrected chi connectivity index (χ1v) is 5.42. The van der Waals surface area contributed by atoms with Crippen LogP contribution >= 0.6 is 23.4 Å². The van der Waals surface area contributed by atoms with E-state index >= 15 is 0 Å². The molecule has 0 spiro atoms. The lowest BCUT2D eigenvalue weighted by molar-refractivity contribution is 0.107. The van der Waals surface area contributed by atoms with Gasteiger partial charge in [0.15, 0.2) is 0 Å². The molecule has 4 heteroatoms. The van der Waals surface area contributed by atoms with Gasteiger partial charge in [0, 0.05) is 10.5 Å². The van der Waals surface area contributed by atoms with Crippen LogP contribution in [0.1, 0.15) is 22.8 Å². The summed E-state index contributed by atoms with van der Waals surface area (Å²) in [5, 5.41) is 8.14. The first kappa shape index (κ1) is 11.1. The van der Waals surface area contributed by atoms with Crippen LogP contribution in [0.4, 0.5) is 0 Å². The van der Waals surface area contributed by atoms with Crippen molar-refractivity contribution in [1.29, 1.82) is 5.26 Å². The lowest BCUT2D eigenvalue weighted by Gasteiger charge is -2.03. The number of hydrogen-bond acceptors (Lipinski definition) is 3. The van der Waals surface area contributed by atoms with Crippen LogP contribution in [-0.4, -0.2) is 11.0 Å². The van der Waals surface area contributed by atoms with E-state index in [2.05, 4.69) is 0 Å². The molecule has 0 bridgehead atoms. The van der Waals surface area contributed by atoms with Crippen molar-refractivity contribution >= 4 is 28.6 Å². The highest BCUT2D eigenvalue weighted by Crippen LogP contribution is 2.24.